The highest BCUT2D eigenvalue weighted by Gasteiger charge is 2.22. The van der Waals surface area contributed by atoms with E-state index in [9.17, 15) is 4.79 Å². The van der Waals surface area contributed by atoms with E-state index in [1.54, 1.807) is 0 Å². The number of nitrogens with one attached hydrogen (secondary N) is 1. The maximum atomic E-state index is 12.5. The zero-order valence-corrected chi connectivity index (χ0v) is 16.2. The molecule has 2 amide bonds. The minimum atomic E-state index is -0.0115. The van der Waals surface area contributed by atoms with Crippen LogP contribution in [0.2, 0.25) is 0 Å². The fourth-order valence-corrected chi connectivity index (χ4v) is 3.46. The second kappa shape index (κ2) is 7.81. The molecule has 0 bridgehead atoms. The van der Waals surface area contributed by atoms with Crippen molar-refractivity contribution >= 4 is 17.4 Å². The molecule has 0 saturated carbocycles. The van der Waals surface area contributed by atoms with Crippen molar-refractivity contribution in [3.05, 3.63) is 59.2 Å². The summed E-state index contributed by atoms with van der Waals surface area (Å²) >= 11 is 0. The molecular formula is C22H29N3O. The van der Waals surface area contributed by atoms with E-state index in [-0.39, 0.29) is 6.03 Å². The summed E-state index contributed by atoms with van der Waals surface area (Å²) in [6, 6.07) is 14.7. The Morgan fingerprint density at radius 1 is 0.962 bits per heavy atom. The van der Waals surface area contributed by atoms with Gasteiger partial charge in [-0.05, 0) is 49.1 Å². The van der Waals surface area contributed by atoms with E-state index < -0.39 is 0 Å². The van der Waals surface area contributed by atoms with Gasteiger partial charge in [0.05, 0.1) is 0 Å². The van der Waals surface area contributed by atoms with E-state index in [2.05, 4.69) is 68.2 Å². The quantitative estimate of drug-likeness (QED) is 0.864. The number of nitrogens with zero attached hydrogens (tertiary/aromatic N) is 2. The number of carbonyl (C=O) groups is 1. The number of amides is 2. The lowest BCUT2D eigenvalue weighted by molar-refractivity contribution is 0.208. The maximum Gasteiger partial charge on any atom is 0.321 e. The highest BCUT2D eigenvalue weighted by molar-refractivity contribution is 5.89. The van der Waals surface area contributed by atoms with Crippen LogP contribution < -0.4 is 10.2 Å². The summed E-state index contributed by atoms with van der Waals surface area (Å²) in [4.78, 5) is 16.8. The Balaban J connectivity index is 1.56. The Bertz CT molecular complexity index is 759. The molecule has 26 heavy (non-hydrogen) atoms. The van der Waals surface area contributed by atoms with Crippen molar-refractivity contribution in [2.45, 2.75) is 33.6 Å². The van der Waals surface area contributed by atoms with Crippen LogP contribution in [-0.2, 0) is 0 Å². The van der Waals surface area contributed by atoms with Crippen LogP contribution in [0.15, 0.2) is 42.5 Å². The molecule has 1 fully saturated rings. The summed E-state index contributed by atoms with van der Waals surface area (Å²) in [6.07, 6.45) is 0. The fraction of sp³-hybridized carbons (Fsp3) is 0.409. The third kappa shape index (κ3) is 4.18. The lowest BCUT2D eigenvalue weighted by Gasteiger charge is -2.36. The van der Waals surface area contributed by atoms with E-state index in [4.69, 9.17) is 0 Å². The summed E-state index contributed by atoms with van der Waals surface area (Å²) in [5.74, 6) is 0.498. The van der Waals surface area contributed by atoms with Crippen molar-refractivity contribution in [3.8, 4) is 0 Å². The lowest BCUT2D eigenvalue weighted by Crippen LogP contribution is -2.50. The Morgan fingerprint density at radius 2 is 1.62 bits per heavy atom. The van der Waals surface area contributed by atoms with Gasteiger partial charge in [0, 0.05) is 37.6 Å². The Labute approximate surface area is 156 Å². The topological polar surface area (TPSA) is 35.6 Å². The molecule has 2 aromatic rings. The number of rotatable bonds is 3. The highest BCUT2D eigenvalue weighted by Crippen LogP contribution is 2.23. The number of benzene rings is 2. The molecule has 1 saturated heterocycles. The zero-order chi connectivity index (χ0) is 18.7. The largest absolute Gasteiger partial charge is 0.368 e. The average Bonchev–Trinajstić information content (AvgIpc) is 2.62. The first-order valence-electron chi connectivity index (χ1n) is 9.42. The van der Waals surface area contributed by atoms with E-state index in [1.807, 2.05) is 17.0 Å². The van der Waals surface area contributed by atoms with Gasteiger partial charge in [0.1, 0.15) is 0 Å². The van der Waals surface area contributed by atoms with Crippen molar-refractivity contribution in [2.75, 3.05) is 36.4 Å². The SMILES string of the molecule is Cc1ccc(N2CCN(C(=O)Nc3ccc(C(C)C)cc3)CC2)c(C)c1. The molecule has 4 nitrogen and oxygen atoms in total. The van der Waals surface area contributed by atoms with Gasteiger partial charge in [-0.2, -0.15) is 0 Å². The van der Waals surface area contributed by atoms with Crippen molar-refractivity contribution in [1.29, 1.82) is 0 Å². The number of hydrogen-bond donors (Lipinski definition) is 1. The number of aryl methyl sites for hydroxylation is 2. The van der Waals surface area contributed by atoms with Gasteiger partial charge in [0.25, 0.3) is 0 Å². The van der Waals surface area contributed by atoms with E-state index in [0.29, 0.717) is 5.92 Å². The predicted molar refractivity (Wildman–Crippen MR) is 109 cm³/mol. The Morgan fingerprint density at radius 3 is 2.19 bits per heavy atom. The van der Waals surface area contributed by atoms with Crippen LogP contribution >= 0.6 is 0 Å². The summed E-state index contributed by atoms with van der Waals surface area (Å²) in [7, 11) is 0. The first-order chi connectivity index (χ1) is 12.4. The van der Waals surface area contributed by atoms with Crippen molar-refractivity contribution in [1.82, 2.24) is 4.90 Å². The molecule has 0 spiro atoms. The van der Waals surface area contributed by atoms with Crippen LogP contribution in [0.3, 0.4) is 0 Å². The molecule has 2 aromatic carbocycles. The minimum absolute atomic E-state index is 0.0115. The highest BCUT2D eigenvalue weighted by atomic mass is 16.2. The van der Waals surface area contributed by atoms with Gasteiger partial charge in [-0.1, -0.05) is 43.7 Å². The first kappa shape index (κ1) is 18.3. The first-order valence-corrected chi connectivity index (χ1v) is 9.42. The average molecular weight is 351 g/mol. The van der Waals surface area contributed by atoms with Gasteiger partial charge in [0.15, 0.2) is 0 Å². The molecule has 3 rings (SSSR count). The third-order valence-corrected chi connectivity index (χ3v) is 5.09. The Kier molecular flexibility index (Phi) is 5.50. The van der Waals surface area contributed by atoms with Crippen LogP contribution in [0.5, 0.6) is 0 Å². The van der Waals surface area contributed by atoms with E-state index in [0.717, 1.165) is 31.9 Å². The van der Waals surface area contributed by atoms with Gasteiger partial charge in [-0.15, -0.1) is 0 Å². The summed E-state index contributed by atoms with van der Waals surface area (Å²) < 4.78 is 0. The van der Waals surface area contributed by atoms with Crippen molar-refractivity contribution in [3.63, 3.8) is 0 Å². The molecule has 0 atom stereocenters. The van der Waals surface area contributed by atoms with E-state index in [1.165, 1.54) is 22.4 Å². The monoisotopic (exact) mass is 351 g/mol. The van der Waals surface area contributed by atoms with Crippen LogP contribution in [0.25, 0.3) is 0 Å². The van der Waals surface area contributed by atoms with Crippen molar-refractivity contribution in [2.24, 2.45) is 0 Å². The van der Waals surface area contributed by atoms with Crippen LogP contribution in [-0.4, -0.2) is 37.1 Å². The number of hydrogen-bond acceptors (Lipinski definition) is 2. The number of anilines is 2. The second-order valence-corrected chi connectivity index (χ2v) is 7.47. The summed E-state index contributed by atoms with van der Waals surface area (Å²) in [5.41, 5.74) is 6.00. The number of urea groups is 1. The molecule has 4 heteroatoms. The smallest absolute Gasteiger partial charge is 0.321 e. The lowest BCUT2D eigenvalue weighted by atomic mass is 10.0. The van der Waals surface area contributed by atoms with Gasteiger partial charge < -0.3 is 15.1 Å². The molecule has 1 aliphatic rings. The normalized spacial score (nSPS) is 14.7. The number of carbonyl (C=O) groups excluding carboxylic acids is 1. The van der Waals surface area contributed by atoms with Crippen molar-refractivity contribution < 1.29 is 4.79 Å². The standard InChI is InChI=1S/C22H29N3O/c1-16(2)19-6-8-20(9-7-19)23-22(26)25-13-11-24(12-14-25)21-10-5-17(3)15-18(21)4/h5-10,15-16H,11-14H2,1-4H3,(H,23,26). The van der Waals surface area contributed by atoms with E-state index >= 15 is 0 Å². The molecule has 0 aromatic heterocycles. The molecular weight excluding hydrogens is 322 g/mol. The third-order valence-electron chi connectivity index (χ3n) is 5.09. The predicted octanol–water partition coefficient (Wildman–Crippen LogP) is 4.78. The summed E-state index contributed by atoms with van der Waals surface area (Å²) in [6.45, 7) is 11.8. The summed E-state index contributed by atoms with van der Waals surface area (Å²) in [5, 5.41) is 3.02. The van der Waals surface area contributed by atoms with Gasteiger partial charge in [0.2, 0.25) is 0 Å². The molecule has 1 aliphatic heterocycles. The fourth-order valence-electron chi connectivity index (χ4n) is 3.46. The minimum Gasteiger partial charge on any atom is -0.368 e. The molecule has 1 heterocycles. The van der Waals surface area contributed by atoms with Gasteiger partial charge in [-0.3, -0.25) is 0 Å². The second-order valence-electron chi connectivity index (χ2n) is 7.47. The maximum absolute atomic E-state index is 12.5. The number of piperazine rings is 1. The molecule has 1 N–H and O–H groups in total. The Hall–Kier alpha value is -2.49. The molecule has 0 radical (unpaired) electrons. The van der Waals surface area contributed by atoms with Crippen LogP contribution in [0, 0.1) is 13.8 Å². The molecule has 0 unspecified atom stereocenters. The zero-order valence-electron chi connectivity index (χ0n) is 16.2. The van der Waals surface area contributed by atoms with Gasteiger partial charge >= 0.3 is 6.03 Å². The van der Waals surface area contributed by atoms with Gasteiger partial charge in [-0.25, -0.2) is 4.79 Å². The molecule has 0 aliphatic carbocycles. The molecule has 138 valence electrons. The van der Waals surface area contributed by atoms with Crippen LogP contribution in [0.1, 0.15) is 36.5 Å². The van der Waals surface area contributed by atoms with Crippen LogP contribution in [0.4, 0.5) is 16.2 Å².